The van der Waals surface area contributed by atoms with E-state index in [9.17, 15) is 13.7 Å². The molecule has 33 heavy (non-hydrogen) atoms. The minimum Gasteiger partial charge on any atom is -0.437 e. The largest absolute Gasteiger partial charge is 0.437 e. The molecule has 7 heteroatoms. The Morgan fingerprint density at radius 3 is 2.15 bits per heavy atom. The average Bonchev–Trinajstić information content (AvgIpc) is 2.85. The smallest absolute Gasteiger partial charge is 0.244 e. The second kappa shape index (κ2) is 8.34. The fourth-order valence-corrected chi connectivity index (χ4v) is 5.05. The second-order valence-electron chi connectivity index (χ2n) is 7.35. The maximum atomic E-state index is 13.4. The summed E-state index contributed by atoms with van der Waals surface area (Å²) in [5.41, 5.74) is 0.958. The third-order valence-corrected chi connectivity index (χ3v) is 7.15. The molecule has 0 fully saturated rings. The highest BCUT2D eigenvalue weighted by molar-refractivity contribution is 7.92. The first kappa shape index (κ1) is 20.6. The Morgan fingerprint density at radius 2 is 1.39 bits per heavy atom. The van der Waals surface area contributed by atoms with Gasteiger partial charge in [0.2, 0.25) is 15.7 Å². The molecule has 1 atom stereocenters. The number of nitrogens with zero attached hydrogens (tertiary/aromatic N) is 3. The average molecular weight is 452 g/mol. The van der Waals surface area contributed by atoms with Gasteiger partial charge in [-0.05, 0) is 35.7 Å². The van der Waals surface area contributed by atoms with Crippen LogP contribution in [0.5, 0.6) is 11.6 Å². The fourth-order valence-electron chi connectivity index (χ4n) is 3.66. The summed E-state index contributed by atoms with van der Waals surface area (Å²) in [7, 11) is -4.07. The summed E-state index contributed by atoms with van der Waals surface area (Å²) in [5, 5.41) is 10.2. The summed E-state index contributed by atoms with van der Waals surface area (Å²) in [6.07, 6.45) is 0. The maximum absolute atomic E-state index is 13.4. The lowest BCUT2D eigenvalue weighted by Crippen LogP contribution is -2.15. The molecule has 0 saturated carbocycles. The zero-order valence-electron chi connectivity index (χ0n) is 17.3. The topological polar surface area (TPSA) is 92.9 Å². The SMILES string of the molecule is N#C[C@@H](c1nc2ccccc2nc1Oc1cccc2ccccc12)S(=O)(=O)c1ccccc1. The van der Waals surface area contributed by atoms with Crippen molar-refractivity contribution in [2.45, 2.75) is 10.1 Å². The van der Waals surface area contributed by atoms with Crippen molar-refractivity contribution in [3.8, 4) is 17.7 Å². The van der Waals surface area contributed by atoms with E-state index in [2.05, 4.69) is 9.97 Å². The molecule has 0 radical (unpaired) electrons. The van der Waals surface area contributed by atoms with Crippen LogP contribution in [0.1, 0.15) is 10.9 Å². The summed E-state index contributed by atoms with van der Waals surface area (Å²) in [4.78, 5) is 9.11. The standard InChI is InChI=1S/C26H17N3O3S/c27-17-24(33(30,31)19-11-2-1-3-12-19)25-26(29-22-15-7-6-14-21(22)28-25)32-23-16-8-10-18-9-4-5-13-20(18)23/h1-16,24H/t24-/m0/s1. The maximum Gasteiger partial charge on any atom is 0.244 e. The van der Waals surface area contributed by atoms with Crippen LogP contribution < -0.4 is 4.74 Å². The van der Waals surface area contributed by atoms with Gasteiger partial charge in [0, 0.05) is 5.39 Å². The Labute approximate surface area is 190 Å². The van der Waals surface area contributed by atoms with Crippen LogP contribution in [0, 0.1) is 11.3 Å². The van der Waals surface area contributed by atoms with Gasteiger partial charge in [-0.25, -0.2) is 18.4 Å². The van der Waals surface area contributed by atoms with E-state index < -0.39 is 15.1 Å². The van der Waals surface area contributed by atoms with Crippen molar-refractivity contribution in [3.05, 3.63) is 103 Å². The molecule has 160 valence electrons. The number of hydrogen-bond donors (Lipinski definition) is 0. The van der Waals surface area contributed by atoms with Gasteiger partial charge in [0.1, 0.15) is 11.4 Å². The van der Waals surface area contributed by atoms with Crippen molar-refractivity contribution in [1.82, 2.24) is 9.97 Å². The van der Waals surface area contributed by atoms with Crippen LogP contribution >= 0.6 is 0 Å². The van der Waals surface area contributed by atoms with Gasteiger partial charge in [0.15, 0.2) is 5.25 Å². The fraction of sp³-hybridized carbons (Fsp3) is 0.0385. The van der Waals surface area contributed by atoms with Crippen molar-refractivity contribution in [3.63, 3.8) is 0 Å². The molecule has 6 nitrogen and oxygen atoms in total. The molecule has 0 aliphatic rings. The van der Waals surface area contributed by atoms with Gasteiger partial charge < -0.3 is 4.74 Å². The normalized spacial score (nSPS) is 12.3. The number of aromatic nitrogens is 2. The van der Waals surface area contributed by atoms with E-state index in [0.717, 1.165) is 10.8 Å². The molecule has 0 amide bonds. The second-order valence-corrected chi connectivity index (χ2v) is 9.38. The lowest BCUT2D eigenvalue weighted by molar-refractivity contribution is 0.460. The van der Waals surface area contributed by atoms with E-state index in [1.807, 2.05) is 42.5 Å². The molecule has 0 aliphatic carbocycles. The Balaban J connectivity index is 1.71. The summed E-state index contributed by atoms with van der Waals surface area (Å²) in [6.45, 7) is 0. The molecule has 1 heterocycles. The first-order chi connectivity index (χ1) is 16.1. The Morgan fingerprint density at radius 1 is 0.758 bits per heavy atom. The van der Waals surface area contributed by atoms with Crippen LogP contribution in [0.2, 0.25) is 0 Å². The molecule has 0 unspecified atom stereocenters. The highest BCUT2D eigenvalue weighted by Gasteiger charge is 2.34. The van der Waals surface area contributed by atoms with Crippen molar-refractivity contribution < 1.29 is 13.2 Å². The molecule has 0 saturated heterocycles. The Hall–Kier alpha value is -4.28. The number of fused-ring (bicyclic) bond motifs is 2. The first-order valence-corrected chi connectivity index (χ1v) is 11.7. The minimum absolute atomic E-state index is 0.0175. The molecular formula is C26H17N3O3S. The van der Waals surface area contributed by atoms with Crippen molar-refractivity contribution in [1.29, 1.82) is 5.26 Å². The van der Waals surface area contributed by atoms with Gasteiger partial charge in [-0.15, -0.1) is 0 Å². The monoisotopic (exact) mass is 451 g/mol. The molecule has 0 aliphatic heterocycles. The molecule has 5 aromatic rings. The van der Waals surface area contributed by atoms with Gasteiger partial charge in [0.25, 0.3) is 0 Å². The van der Waals surface area contributed by atoms with E-state index in [1.165, 1.54) is 12.1 Å². The predicted octanol–water partition coefficient (Wildman–Crippen LogP) is 5.61. The lowest BCUT2D eigenvalue weighted by atomic mass is 10.1. The van der Waals surface area contributed by atoms with Crippen molar-refractivity contribution in [2.24, 2.45) is 0 Å². The van der Waals surface area contributed by atoms with Crippen LogP contribution in [0.4, 0.5) is 0 Å². The first-order valence-electron chi connectivity index (χ1n) is 10.2. The predicted molar refractivity (Wildman–Crippen MR) is 126 cm³/mol. The van der Waals surface area contributed by atoms with Gasteiger partial charge in [-0.2, -0.15) is 5.26 Å². The summed E-state index contributed by atoms with van der Waals surface area (Å²) in [5.74, 6) is 0.476. The van der Waals surface area contributed by atoms with Gasteiger partial charge in [0.05, 0.1) is 22.0 Å². The third-order valence-electron chi connectivity index (χ3n) is 5.27. The molecular weight excluding hydrogens is 434 g/mol. The molecule has 0 bridgehead atoms. The van der Waals surface area contributed by atoms with Crippen LogP contribution in [-0.2, 0) is 9.84 Å². The summed E-state index contributed by atoms with van der Waals surface area (Å²) < 4.78 is 32.9. The van der Waals surface area contributed by atoms with Gasteiger partial charge >= 0.3 is 0 Å². The Kier molecular flexibility index (Phi) is 5.21. The lowest BCUT2D eigenvalue weighted by Gasteiger charge is -2.16. The van der Waals surface area contributed by atoms with Gasteiger partial charge in [-0.3, -0.25) is 0 Å². The van der Waals surface area contributed by atoms with Crippen LogP contribution in [0.15, 0.2) is 102 Å². The van der Waals surface area contributed by atoms with E-state index in [-0.39, 0.29) is 16.5 Å². The number of ether oxygens (including phenoxy) is 1. The number of sulfone groups is 1. The molecule has 0 N–H and O–H groups in total. The quantitative estimate of drug-likeness (QED) is 0.345. The molecule has 0 spiro atoms. The molecule has 5 rings (SSSR count). The Bertz CT molecular complexity index is 1620. The summed E-state index contributed by atoms with van der Waals surface area (Å²) >= 11 is 0. The van der Waals surface area contributed by atoms with E-state index in [4.69, 9.17) is 4.74 Å². The van der Waals surface area contributed by atoms with Crippen LogP contribution in [-0.4, -0.2) is 18.4 Å². The van der Waals surface area contributed by atoms with Crippen LogP contribution in [0.25, 0.3) is 21.8 Å². The van der Waals surface area contributed by atoms with Gasteiger partial charge in [-0.1, -0.05) is 66.7 Å². The summed E-state index contributed by atoms with van der Waals surface area (Å²) in [6, 6.07) is 30.1. The van der Waals surface area contributed by atoms with Crippen LogP contribution in [0.3, 0.4) is 0 Å². The minimum atomic E-state index is -4.07. The molecule has 4 aromatic carbocycles. The zero-order chi connectivity index (χ0) is 22.8. The van der Waals surface area contributed by atoms with E-state index >= 15 is 0 Å². The number of para-hydroxylation sites is 2. The van der Waals surface area contributed by atoms with E-state index in [0.29, 0.717) is 16.8 Å². The number of hydrogen-bond acceptors (Lipinski definition) is 6. The zero-order valence-corrected chi connectivity index (χ0v) is 18.1. The highest BCUT2D eigenvalue weighted by Crippen LogP contribution is 2.37. The molecule has 1 aromatic heterocycles. The number of nitriles is 1. The van der Waals surface area contributed by atoms with Crippen molar-refractivity contribution >= 4 is 31.6 Å². The number of benzene rings is 4. The number of rotatable bonds is 5. The van der Waals surface area contributed by atoms with E-state index in [1.54, 1.807) is 48.5 Å². The third kappa shape index (κ3) is 3.77. The highest BCUT2D eigenvalue weighted by atomic mass is 32.2. The van der Waals surface area contributed by atoms with Crippen molar-refractivity contribution in [2.75, 3.05) is 0 Å².